The van der Waals surface area contributed by atoms with Crippen LogP contribution in [-0.2, 0) is 6.42 Å². The summed E-state index contributed by atoms with van der Waals surface area (Å²) in [6.07, 6.45) is 0.952. The van der Waals surface area contributed by atoms with Crippen molar-refractivity contribution < 1.29 is 9.47 Å². The van der Waals surface area contributed by atoms with Crippen LogP contribution in [0.5, 0.6) is 11.5 Å². The number of fused-ring (bicyclic) bond motifs is 1. The van der Waals surface area contributed by atoms with Gasteiger partial charge in [0.25, 0.3) is 0 Å². The third kappa shape index (κ3) is 2.74. The zero-order valence-electron chi connectivity index (χ0n) is 11.0. The molecule has 20 heavy (non-hydrogen) atoms. The van der Waals surface area contributed by atoms with Crippen LogP contribution < -0.4 is 15.2 Å². The lowest BCUT2D eigenvalue weighted by atomic mass is 10.0. The van der Waals surface area contributed by atoms with E-state index in [0.717, 1.165) is 30.1 Å². The van der Waals surface area contributed by atoms with Gasteiger partial charge in [-0.1, -0.05) is 29.8 Å². The predicted octanol–water partition coefficient (Wildman–Crippen LogP) is 3.35. The maximum Gasteiger partial charge on any atom is 0.127 e. The maximum atomic E-state index is 6.21. The first-order valence-corrected chi connectivity index (χ1v) is 7.00. The first-order valence-electron chi connectivity index (χ1n) is 6.62. The summed E-state index contributed by atoms with van der Waals surface area (Å²) < 4.78 is 11.4. The quantitative estimate of drug-likeness (QED) is 0.939. The van der Waals surface area contributed by atoms with E-state index in [1.807, 2.05) is 24.3 Å². The van der Waals surface area contributed by atoms with E-state index < -0.39 is 0 Å². The van der Waals surface area contributed by atoms with Crippen molar-refractivity contribution in [3.63, 3.8) is 0 Å². The van der Waals surface area contributed by atoms with E-state index in [1.165, 1.54) is 5.56 Å². The van der Waals surface area contributed by atoms with Crippen LogP contribution in [0.3, 0.4) is 0 Å². The predicted molar refractivity (Wildman–Crippen MR) is 79.5 cm³/mol. The number of benzene rings is 2. The normalized spacial score (nSPS) is 14.5. The number of halogens is 1. The average molecular weight is 290 g/mol. The molecule has 2 aromatic rings. The van der Waals surface area contributed by atoms with Crippen molar-refractivity contribution in [1.29, 1.82) is 0 Å². The molecule has 2 aromatic carbocycles. The average Bonchev–Trinajstić information content (AvgIpc) is 2.94. The Morgan fingerprint density at radius 3 is 2.80 bits per heavy atom. The van der Waals surface area contributed by atoms with Crippen LogP contribution in [0.25, 0.3) is 0 Å². The van der Waals surface area contributed by atoms with Gasteiger partial charge in [0.05, 0.1) is 12.6 Å². The second-order valence-electron chi connectivity index (χ2n) is 4.81. The Kier molecular flexibility index (Phi) is 3.81. The fourth-order valence-electron chi connectivity index (χ4n) is 2.34. The third-order valence-electron chi connectivity index (χ3n) is 3.39. The van der Waals surface area contributed by atoms with E-state index in [0.29, 0.717) is 11.6 Å². The van der Waals surface area contributed by atoms with Gasteiger partial charge in [-0.15, -0.1) is 0 Å². The van der Waals surface area contributed by atoms with Crippen molar-refractivity contribution in [2.45, 2.75) is 12.5 Å². The Labute approximate surface area is 123 Å². The van der Waals surface area contributed by atoms with Gasteiger partial charge in [0.2, 0.25) is 0 Å². The summed E-state index contributed by atoms with van der Waals surface area (Å²) in [5.74, 6) is 1.69. The molecule has 0 fully saturated rings. The van der Waals surface area contributed by atoms with E-state index in [4.69, 9.17) is 26.8 Å². The highest BCUT2D eigenvalue weighted by Crippen LogP contribution is 2.32. The maximum absolute atomic E-state index is 6.21. The monoisotopic (exact) mass is 289 g/mol. The summed E-state index contributed by atoms with van der Waals surface area (Å²) in [4.78, 5) is 0. The topological polar surface area (TPSA) is 44.5 Å². The molecular formula is C16H16ClNO2. The third-order valence-corrected chi connectivity index (χ3v) is 3.64. The van der Waals surface area contributed by atoms with Crippen LogP contribution >= 0.6 is 11.6 Å². The lowest BCUT2D eigenvalue weighted by molar-refractivity contribution is 0.284. The molecule has 0 spiro atoms. The molecule has 0 bridgehead atoms. The minimum Gasteiger partial charge on any atom is -0.493 e. The smallest absolute Gasteiger partial charge is 0.127 e. The molecule has 0 aliphatic carbocycles. The molecule has 2 N–H and O–H groups in total. The van der Waals surface area contributed by atoms with E-state index in [2.05, 4.69) is 6.07 Å². The summed E-state index contributed by atoms with van der Waals surface area (Å²) in [5.41, 5.74) is 8.45. The molecule has 0 radical (unpaired) electrons. The highest BCUT2D eigenvalue weighted by Gasteiger charge is 2.20. The first kappa shape index (κ1) is 13.3. The fraction of sp³-hybridized carbons (Fsp3) is 0.250. The van der Waals surface area contributed by atoms with E-state index in [1.54, 1.807) is 12.1 Å². The van der Waals surface area contributed by atoms with Crippen LogP contribution in [0, 0.1) is 0 Å². The number of rotatable bonds is 4. The van der Waals surface area contributed by atoms with E-state index in [9.17, 15) is 0 Å². The molecule has 0 amide bonds. The molecule has 0 saturated carbocycles. The van der Waals surface area contributed by atoms with Crippen molar-refractivity contribution >= 4 is 11.6 Å². The molecule has 1 unspecified atom stereocenters. The van der Waals surface area contributed by atoms with Crippen molar-refractivity contribution in [2.24, 2.45) is 5.73 Å². The number of hydrogen-bond acceptors (Lipinski definition) is 3. The van der Waals surface area contributed by atoms with Crippen molar-refractivity contribution in [3.05, 3.63) is 58.6 Å². The van der Waals surface area contributed by atoms with Crippen LogP contribution in [0.1, 0.15) is 17.2 Å². The lowest BCUT2D eigenvalue weighted by Crippen LogP contribution is -2.19. The van der Waals surface area contributed by atoms with Gasteiger partial charge in [0.1, 0.15) is 18.1 Å². The molecule has 104 valence electrons. The second-order valence-corrected chi connectivity index (χ2v) is 5.24. The molecule has 1 heterocycles. The molecule has 3 nitrogen and oxygen atoms in total. The van der Waals surface area contributed by atoms with Gasteiger partial charge in [-0.2, -0.15) is 0 Å². The van der Waals surface area contributed by atoms with Gasteiger partial charge in [-0.25, -0.2) is 0 Å². The summed E-state index contributed by atoms with van der Waals surface area (Å²) >= 11 is 5.84. The van der Waals surface area contributed by atoms with E-state index >= 15 is 0 Å². The molecule has 0 aromatic heterocycles. The zero-order valence-corrected chi connectivity index (χ0v) is 11.8. The first-order chi connectivity index (χ1) is 9.74. The molecule has 1 aliphatic heterocycles. The molecular weight excluding hydrogens is 274 g/mol. The molecule has 3 rings (SSSR count). The Bertz CT molecular complexity index is 598. The van der Waals surface area contributed by atoms with Gasteiger partial charge < -0.3 is 15.2 Å². The summed E-state index contributed by atoms with van der Waals surface area (Å²) in [6, 6.07) is 13.2. The Hall–Kier alpha value is -1.71. The van der Waals surface area contributed by atoms with Crippen molar-refractivity contribution in [1.82, 2.24) is 0 Å². The molecule has 0 saturated heterocycles. The summed E-state index contributed by atoms with van der Waals surface area (Å²) in [5, 5.41) is 0.691. The molecule has 1 aliphatic rings. The number of ether oxygens (including phenoxy) is 2. The van der Waals surface area contributed by atoms with Gasteiger partial charge >= 0.3 is 0 Å². The number of hydrogen-bond donors (Lipinski definition) is 1. The van der Waals surface area contributed by atoms with Crippen LogP contribution in [-0.4, -0.2) is 13.2 Å². The zero-order chi connectivity index (χ0) is 13.9. The van der Waals surface area contributed by atoms with Crippen LogP contribution in [0.15, 0.2) is 42.5 Å². The second kappa shape index (κ2) is 5.73. The minimum absolute atomic E-state index is 0.210. The van der Waals surface area contributed by atoms with Crippen molar-refractivity contribution in [2.75, 3.05) is 13.2 Å². The Morgan fingerprint density at radius 1 is 1.20 bits per heavy atom. The Morgan fingerprint density at radius 2 is 2.00 bits per heavy atom. The van der Waals surface area contributed by atoms with Gasteiger partial charge in [-0.05, 0) is 29.8 Å². The van der Waals surface area contributed by atoms with Gasteiger partial charge in [0, 0.05) is 17.0 Å². The summed E-state index contributed by atoms with van der Waals surface area (Å²) in [7, 11) is 0. The van der Waals surface area contributed by atoms with Gasteiger partial charge in [-0.3, -0.25) is 0 Å². The Balaban J connectivity index is 1.69. The highest BCUT2D eigenvalue weighted by atomic mass is 35.5. The fourth-order valence-corrected chi connectivity index (χ4v) is 2.47. The van der Waals surface area contributed by atoms with Crippen LogP contribution in [0.4, 0.5) is 0 Å². The standard InChI is InChI=1S/C16H16ClNO2/c17-12-4-6-13(7-5-12)20-10-15(18)14-3-1-2-11-8-9-19-16(11)14/h1-7,15H,8-10,18H2. The summed E-state index contributed by atoms with van der Waals surface area (Å²) in [6.45, 7) is 1.14. The minimum atomic E-state index is -0.210. The highest BCUT2D eigenvalue weighted by molar-refractivity contribution is 6.30. The van der Waals surface area contributed by atoms with E-state index in [-0.39, 0.29) is 6.04 Å². The van der Waals surface area contributed by atoms with Crippen molar-refractivity contribution in [3.8, 4) is 11.5 Å². The molecule has 1 atom stereocenters. The van der Waals surface area contributed by atoms with Crippen LogP contribution in [0.2, 0.25) is 5.02 Å². The SMILES string of the molecule is NC(COc1ccc(Cl)cc1)c1cccc2c1OCC2. The largest absolute Gasteiger partial charge is 0.493 e. The number of nitrogens with two attached hydrogens (primary N) is 1. The molecule has 4 heteroatoms. The lowest BCUT2D eigenvalue weighted by Gasteiger charge is -2.16. The van der Waals surface area contributed by atoms with Gasteiger partial charge in [0.15, 0.2) is 0 Å². The number of para-hydroxylation sites is 1.